The first-order valence-electron chi connectivity index (χ1n) is 5.72. The average molecular weight is 370 g/mol. The predicted octanol–water partition coefficient (Wildman–Crippen LogP) is 5.52. The zero-order chi connectivity index (χ0) is 12.1. The number of halogens is 2. The Kier molecular flexibility index (Phi) is 6.55. The van der Waals surface area contributed by atoms with Gasteiger partial charge in [0, 0.05) is 9.35 Å². The summed E-state index contributed by atoms with van der Waals surface area (Å²) in [4.78, 5) is 1.06. The quantitative estimate of drug-likeness (QED) is 0.699. The van der Waals surface area contributed by atoms with Gasteiger partial charge < -0.3 is 5.11 Å². The number of hydrogen-bond donors (Lipinski definition) is 1. The van der Waals surface area contributed by atoms with Gasteiger partial charge in [0.15, 0.2) is 0 Å². The minimum Gasteiger partial charge on any atom is -0.387 e. The van der Waals surface area contributed by atoms with Gasteiger partial charge in [-0.2, -0.15) is 0 Å². The van der Waals surface area contributed by atoms with Crippen LogP contribution in [-0.4, -0.2) is 5.11 Å². The molecule has 1 rings (SSSR count). The second-order valence-corrected chi connectivity index (χ2v) is 7.31. The molecule has 1 atom stereocenters. The summed E-state index contributed by atoms with van der Waals surface area (Å²) in [5.74, 6) is 0.396. The lowest BCUT2D eigenvalue weighted by Gasteiger charge is -2.20. The molecule has 0 saturated carbocycles. The molecule has 0 saturated heterocycles. The van der Waals surface area contributed by atoms with E-state index in [1.165, 1.54) is 0 Å². The summed E-state index contributed by atoms with van der Waals surface area (Å²) >= 11 is 8.56. The molecule has 0 aliphatic heterocycles. The van der Waals surface area contributed by atoms with Crippen LogP contribution in [0.5, 0.6) is 0 Å². The van der Waals surface area contributed by atoms with Crippen molar-refractivity contribution in [2.24, 2.45) is 5.92 Å². The Hall–Kier alpha value is 0.620. The first kappa shape index (κ1) is 14.7. The summed E-state index contributed by atoms with van der Waals surface area (Å²) in [6, 6.07) is 2.03. The number of hydrogen-bond acceptors (Lipinski definition) is 2. The highest BCUT2D eigenvalue weighted by Crippen LogP contribution is 2.39. The van der Waals surface area contributed by atoms with Crippen LogP contribution < -0.4 is 0 Å². The maximum atomic E-state index is 10.3. The number of aliphatic hydroxyl groups is 1. The smallest absolute Gasteiger partial charge is 0.0910 e. The van der Waals surface area contributed by atoms with Gasteiger partial charge in [-0.3, -0.25) is 0 Å². The lowest BCUT2D eigenvalue weighted by Crippen LogP contribution is -2.11. The van der Waals surface area contributed by atoms with E-state index in [0.717, 1.165) is 38.8 Å². The van der Waals surface area contributed by atoms with Gasteiger partial charge in [-0.25, -0.2) is 0 Å². The number of aliphatic hydroxyl groups excluding tert-OH is 1. The largest absolute Gasteiger partial charge is 0.387 e. The van der Waals surface area contributed by atoms with E-state index in [1.54, 1.807) is 11.3 Å². The molecule has 0 spiro atoms. The van der Waals surface area contributed by atoms with Gasteiger partial charge in [0.1, 0.15) is 0 Å². The third-order valence-electron chi connectivity index (χ3n) is 2.72. The van der Waals surface area contributed by atoms with Crippen LogP contribution in [0.4, 0.5) is 0 Å². The molecular weight excluding hydrogens is 352 g/mol. The molecule has 0 radical (unpaired) electrons. The van der Waals surface area contributed by atoms with E-state index in [2.05, 4.69) is 45.7 Å². The minimum atomic E-state index is -0.313. The lowest BCUT2D eigenvalue weighted by molar-refractivity contribution is 0.0997. The molecule has 4 heteroatoms. The second kappa shape index (κ2) is 7.14. The van der Waals surface area contributed by atoms with Crippen LogP contribution in [-0.2, 0) is 0 Å². The molecule has 1 nitrogen and oxygen atoms in total. The van der Waals surface area contributed by atoms with Crippen molar-refractivity contribution >= 4 is 43.2 Å². The van der Waals surface area contributed by atoms with Crippen molar-refractivity contribution in [3.63, 3.8) is 0 Å². The van der Waals surface area contributed by atoms with Gasteiger partial charge in [0.2, 0.25) is 0 Å². The standard InChI is InChI=1S/C12H18Br2OS/c1-3-5-8(6-4-2)11(15)10-7-9(13)12(14)16-10/h7-8,11,15H,3-6H2,1-2H3. The van der Waals surface area contributed by atoms with E-state index in [1.807, 2.05) is 6.07 Å². The summed E-state index contributed by atoms with van der Waals surface area (Å²) in [6.45, 7) is 4.35. The van der Waals surface area contributed by atoms with Gasteiger partial charge in [0.05, 0.1) is 9.89 Å². The summed E-state index contributed by atoms with van der Waals surface area (Å²) < 4.78 is 2.10. The molecule has 92 valence electrons. The second-order valence-electron chi connectivity index (χ2n) is 4.05. The topological polar surface area (TPSA) is 20.2 Å². The van der Waals surface area contributed by atoms with Crippen molar-refractivity contribution in [1.82, 2.24) is 0 Å². The molecule has 0 aliphatic rings. The van der Waals surface area contributed by atoms with Gasteiger partial charge in [0.25, 0.3) is 0 Å². The highest BCUT2D eigenvalue weighted by Gasteiger charge is 2.21. The molecule has 0 bridgehead atoms. The highest BCUT2D eigenvalue weighted by molar-refractivity contribution is 9.13. The molecule has 0 fully saturated rings. The van der Waals surface area contributed by atoms with Crippen molar-refractivity contribution in [1.29, 1.82) is 0 Å². The minimum absolute atomic E-state index is 0.313. The van der Waals surface area contributed by atoms with Crippen molar-refractivity contribution in [3.8, 4) is 0 Å². The molecule has 0 aliphatic carbocycles. The molecule has 0 aromatic carbocycles. The third-order valence-corrected chi connectivity index (χ3v) is 6.05. The van der Waals surface area contributed by atoms with Crippen LogP contribution in [0.2, 0.25) is 0 Å². The molecule has 1 unspecified atom stereocenters. The fourth-order valence-corrected chi connectivity index (χ4v) is 4.11. The Labute approximate surface area is 119 Å². The van der Waals surface area contributed by atoms with Gasteiger partial charge in [-0.05, 0) is 56.7 Å². The maximum absolute atomic E-state index is 10.3. The van der Waals surface area contributed by atoms with Crippen molar-refractivity contribution in [2.75, 3.05) is 0 Å². The number of rotatable bonds is 6. The van der Waals surface area contributed by atoms with Gasteiger partial charge in [-0.15, -0.1) is 11.3 Å². The summed E-state index contributed by atoms with van der Waals surface area (Å²) in [7, 11) is 0. The first-order valence-corrected chi connectivity index (χ1v) is 8.13. The molecular formula is C12H18Br2OS. The molecule has 16 heavy (non-hydrogen) atoms. The van der Waals surface area contributed by atoms with E-state index >= 15 is 0 Å². The Morgan fingerprint density at radius 2 is 1.81 bits per heavy atom. The lowest BCUT2D eigenvalue weighted by atomic mass is 9.91. The van der Waals surface area contributed by atoms with Crippen molar-refractivity contribution in [3.05, 3.63) is 19.2 Å². The monoisotopic (exact) mass is 368 g/mol. The SMILES string of the molecule is CCCC(CCC)C(O)c1cc(Br)c(Br)s1. The summed E-state index contributed by atoms with van der Waals surface area (Å²) in [6.07, 6.45) is 4.15. The van der Waals surface area contributed by atoms with Crippen LogP contribution in [0.15, 0.2) is 14.3 Å². The fourth-order valence-electron chi connectivity index (χ4n) is 1.94. The van der Waals surface area contributed by atoms with E-state index in [-0.39, 0.29) is 6.10 Å². The average Bonchev–Trinajstić information content (AvgIpc) is 2.58. The molecule has 0 amide bonds. The first-order chi connectivity index (χ1) is 7.60. The van der Waals surface area contributed by atoms with E-state index in [9.17, 15) is 5.11 Å². The normalized spacial score (nSPS) is 13.4. The Morgan fingerprint density at radius 1 is 1.25 bits per heavy atom. The zero-order valence-electron chi connectivity index (χ0n) is 9.67. The summed E-state index contributed by atoms with van der Waals surface area (Å²) in [5, 5.41) is 10.3. The maximum Gasteiger partial charge on any atom is 0.0910 e. The molecule has 1 heterocycles. The zero-order valence-corrected chi connectivity index (χ0v) is 13.7. The predicted molar refractivity (Wildman–Crippen MR) is 78.0 cm³/mol. The Bertz CT molecular complexity index is 299. The van der Waals surface area contributed by atoms with Crippen LogP contribution in [0, 0.1) is 5.92 Å². The molecule has 1 aromatic rings. The summed E-state index contributed by atoms with van der Waals surface area (Å²) in [5.41, 5.74) is 0. The third kappa shape index (κ3) is 3.83. The Balaban J connectivity index is 2.76. The van der Waals surface area contributed by atoms with Gasteiger partial charge in [-0.1, -0.05) is 26.7 Å². The molecule has 1 aromatic heterocycles. The van der Waals surface area contributed by atoms with Gasteiger partial charge >= 0.3 is 0 Å². The number of thiophene rings is 1. The Morgan fingerprint density at radius 3 is 2.19 bits per heavy atom. The fraction of sp³-hybridized carbons (Fsp3) is 0.667. The van der Waals surface area contributed by atoms with E-state index < -0.39 is 0 Å². The molecule has 1 N–H and O–H groups in total. The highest BCUT2D eigenvalue weighted by atomic mass is 79.9. The van der Waals surface area contributed by atoms with E-state index in [0.29, 0.717) is 5.92 Å². The van der Waals surface area contributed by atoms with Crippen LogP contribution in [0.3, 0.4) is 0 Å². The van der Waals surface area contributed by atoms with Crippen molar-refractivity contribution in [2.45, 2.75) is 45.6 Å². The van der Waals surface area contributed by atoms with Crippen LogP contribution in [0.1, 0.15) is 50.5 Å². The van der Waals surface area contributed by atoms with Crippen molar-refractivity contribution < 1.29 is 5.11 Å². The van der Waals surface area contributed by atoms with Crippen LogP contribution in [0.25, 0.3) is 0 Å². The van der Waals surface area contributed by atoms with Crippen LogP contribution >= 0.6 is 43.2 Å². The van der Waals surface area contributed by atoms with E-state index in [4.69, 9.17) is 0 Å².